The molecule has 1 heterocycles. The predicted octanol–water partition coefficient (Wildman–Crippen LogP) is 8.25. The van der Waals surface area contributed by atoms with Crippen LogP contribution < -0.4 is 14.4 Å². The lowest BCUT2D eigenvalue weighted by molar-refractivity contribution is -0.128. The highest BCUT2D eigenvalue weighted by atomic mass is 35.5. The number of rotatable bonds is 15. The molecule has 3 aromatic carbocycles. The van der Waals surface area contributed by atoms with E-state index in [1.165, 1.54) is 11.1 Å². The number of carbonyl (C=O) groups is 2. The molecule has 2 N–H and O–H groups in total. The normalized spacial score (nSPS) is 19.7. The average molecular weight is 755 g/mol. The Morgan fingerprint density at radius 1 is 1.12 bits per heavy atom. The van der Waals surface area contributed by atoms with Gasteiger partial charge < -0.3 is 24.4 Å². The van der Waals surface area contributed by atoms with Crippen LogP contribution >= 0.6 is 35.1 Å². The number of benzene rings is 3. The largest absolute Gasteiger partial charge is 0.491 e. The number of fused-ring (bicyclic) bond motifs is 1. The van der Waals surface area contributed by atoms with E-state index >= 15 is 0 Å². The molecule has 0 saturated heterocycles. The number of halogens is 2. The van der Waals surface area contributed by atoms with Gasteiger partial charge in [-0.05, 0) is 115 Å². The van der Waals surface area contributed by atoms with E-state index in [2.05, 4.69) is 40.8 Å². The van der Waals surface area contributed by atoms with E-state index in [-0.39, 0.29) is 17.9 Å². The van der Waals surface area contributed by atoms with Crippen LogP contribution in [0.15, 0.2) is 77.7 Å². The summed E-state index contributed by atoms with van der Waals surface area (Å²) in [5.74, 6) is 1.04. The number of anilines is 1. The van der Waals surface area contributed by atoms with Crippen LogP contribution in [0.1, 0.15) is 68.2 Å². The highest BCUT2D eigenvalue weighted by Crippen LogP contribution is 2.43. The summed E-state index contributed by atoms with van der Waals surface area (Å²) in [5.41, 5.74) is 3.82. The van der Waals surface area contributed by atoms with E-state index in [1.807, 2.05) is 37.4 Å². The van der Waals surface area contributed by atoms with Crippen LogP contribution in [0.3, 0.4) is 0 Å². The zero-order valence-corrected chi connectivity index (χ0v) is 32.1. The first-order valence-electron chi connectivity index (χ1n) is 17.7. The minimum atomic E-state index is -1.37. The number of nitrogens with zero attached hydrogens (tertiary/aromatic N) is 2. The van der Waals surface area contributed by atoms with Gasteiger partial charge in [-0.25, -0.2) is 0 Å². The van der Waals surface area contributed by atoms with Gasteiger partial charge in [0.05, 0.1) is 18.4 Å². The molecule has 0 spiro atoms. The van der Waals surface area contributed by atoms with Crippen molar-refractivity contribution in [3.05, 3.63) is 99.6 Å². The predicted molar refractivity (Wildman–Crippen MR) is 207 cm³/mol. The number of methoxy groups -OCH3 is 1. The molecule has 51 heavy (non-hydrogen) atoms. The van der Waals surface area contributed by atoms with Gasteiger partial charge in [0, 0.05) is 61.6 Å². The first-order chi connectivity index (χ1) is 24.6. The first kappa shape index (κ1) is 39.0. The molecule has 5 unspecified atom stereocenters. The Kier molecular flexibility index (Phi) is 14.2. The maximum absolute atomic E-state index is 13.1. The lowest BCUT2D eigenvalue weighted by Crippen LogP contribution is -2.44. The zero-order chi connectivity index (χ0) is 36.5. The molecule has 0 radical (unpaired) electrons. The monoisotopic (exact) mass is 753 g/mol. The molecule has 11 heteroatoms. The number of aliphatic hydroxyl groups is 1. The van der Waals surface area contributed by atoms with Gasteiger partial charge in [-0.2, -0.15) is 0 Å². The Morgan fingerprint density at radius 2 is 1.88 bits per heavy atom. The molecular weight excluding hydrogens is 705 g/mol. The van der Waals surface area contributed by atoms with Crippen LogP contribution in [0.2, 0.25) is 10.0 Å². The molecule has 8 nitrogen and oxygen atoms in total. The molecule has 5 rings (SSSR count). The van der Waals surface area contributed by atoms with Crippen molar-refractivity contribution in [2.75, 3.05) is 45.3 Å². The summed E-state index contributed by atoms with van der Waals surface area (Å²) in [6, 6.07) is 18.8. The van der Waals surface area contributed by atoms with Crippen LogP contribution in [0.25, 0.3) is 0 Å². The summed E-state index contributed by atoms with van der Waals surface area (Å²) in [7, 11) is 3.57. The SMILES string of the molecule is CCCc1cc(Cl)ccc1C1COc2ccc(C(O)C(=O)NSc3ccc(Cl)cc3)cc2N(CC2CCC2C(/C=C/CCN(C)C(C)=O)OC)C1. The van der Waals surface area contributed by atoms with Crippen molar-refractivity contribution in [2.45, 2.75) is 69.0 Å². The van der Waals surface area contributed by atoms with Crippen LogP contribution in [0.5, 0.6) is 5.75 Å². The number of hydrogen-bond donors (Lipinski definition) is 2. The third kappa shape index (κ3) is 10.2. The highest BCUT2D eigenvalue weighted by Gasteiger charge is 2.39. The molecular formula is C40H49Cl2N3O5S. The van der Waals surface area contributed by atoms with E-state index in [0.29, 0.717) is 42.1 Å². The van der Waals surface area contributed by atoms with E-state index < -0.39 is 12.0 Å². The van der Waals surface area contributed by atoms with Crippen molar-refractivity contribution < 1.29 is 24.2 Å². The molecule has 0 bridgehead atoms. The Morgan fingerprint density at radius 3 is 2.57 bits per heavy atom. The zero-order valence-electron chi connectivity index (χ0n) is 29.8. The van der Waals surface area contributed by atoms with Gasteiger partial charge >= 0.3 is 0 Å². The van der Waals surface area contributed by atoms with Crippen LogP contribution in [0, 0.1) is 11.8 Å². The quantitative estimate of drug-likeness (QED) is 0.119. The number of carbonyl (C=O) groups excluding carboxylic acids is 2. The van der Waals surface area contributed by atoms with Gasteiger partial charge in [0.2, 0.25) is 5.91 Å². The molecule has 1 aliphatic carbocycles. The first-order valence-corrected chi connectivity index (χ1v) is 19.3. The summed E-state index contributed by atoms with van der Waals surface area (Å²) in [6.45, 7) is 6.39. The highest BCUT2D eigenvalue weighted by molar-refractivity contribution is 7.98. The van der Waals surface area contributed by atoms with Gasteiger partial charge in [0.15, 0.2) is 6.10 Å². The average Bonchev–Trinajstić information content (AvgIpc) is 3.29. The standard InChI is InChI=1S/C40H49Cl2N3O5S/c1-5-8-27-21-32(42)14-18-34(27)30-24-45(23-29-10-17-35(29)37(49-4)9-6-7-20-44(3)26(2)46)36-22-28(11-19-38(36)50-25-30)39(47)40(48)43-51-33-15-12-31(41)13-16-33/h6,9,11-16,18-19,21-22,29-30,35,37,39,47H,5,7-8,10,17,20,23-25H2,1-4H3,(H,43,48)/b9-6+. The van der Waals surface area contributed by atoms with Crippen molar-refractivity contribution in [3.63, 3.8) is 0 Å². The third-order valence-corrected chi connectivity index (χ3v) is 11.3. The second-order valence-electron chi connectivity index (χ2n) is 13.5. The fraction of sp³-hybridized carbons (Fsp3) is 0.450. The molecule has 0 aromatic heterocycles. The van der Waals surface area contributed by atoms with E-state index in [9.17, 15) is 14.7 Å². The smallest absolute Gasteiger partial charge is 0.263 e. The Balaban J connectivity index is 1.38. The van der Waals surface area contributed by atoms with Gasteiger partial charge in [-0.3, -0.25) is 14.3 Å². The number of aliphatic hydroxyl groups excluding tert-OH is 1. The number of aryl methyl sites for hydroxylation is 1. The van der Waals surface area contributed by atoms with Crippen molar-refractivity contribution in [3.8, 4) is 5.75 Å². The topological polar surface area (TPSA) is 91.3 Å². The van der Waals surface area contributed by atoms with Crippen LogP contribution in [0.4, 0.5) is 5.69 Å². The van der Waals surface area contributed by atoms with Crippen LogP contribution in [-0.4, -0.2) is 68.3 Å². The van der Waals surface area contributed by atoms with Gasteiger partial charge in [-0.1, -0.05) is 60.8 Å². The molecule has 2 amide bonds. The lowest BCUT2D eigenvalue weighted by atomic mass is 9.70. The van der Waals surface area contributed by atoms with Gasteiger partial charge in [-0.15, -0.1) is 0 Å². The van der Waals surface area contributed by atoms with Crippen molar-refractivity contribution in [1.82, 2.24) is 9.62 Å². The summed E-state index contributed by atoms with van der Waals surface area (Å²) in [5, 5.41) is 12.5. The van der Waals surface area contributed by atoms with E-state index in [4.69, 9.17) is 32.7 Å². The molecule has 1 aliphatic heterocycles. The molecule has 3 aromatic rings. The van der Waals surface area contributed by atoms with Crippen molar-refractivity contribution in [2.24, 2.45) is 11.8 Å². The summed E-state index contributed by atoms with van der Waals surface area (Å²) in [4.78, 5) is 29.6. The maximum Gasteiger partial charge on any atom is 0.263 e. The Labute approximate surface area is 316 Å². The second-order valence-corrected chi connectivity index (χ2v) is 15.3. The number of hydrogen-bond acceptors (Lipinski definition) is 7. The lowest BCUT2D eigenvalue weighted by Gasteiger charge is -2.43. The Bertz CT molecular complexity index is 1670. The van der Waals surface area contributed by atoms with Crippen molar-refractivity contribution >= 4 is 52.7 Å². The van der Waals surface area contributed by atoms with E-state index in [1.54, 1.807) is 37.1 Å². The minimum Gasteiger partial charge on any atom is -0.491 e. The second kappa shape index (κ2) is 18.5. The summed E-state index contributed by atoms with van der Waals surface area (Å²) in [6.07, 6.45) is 7.68. The third-order valence-electron chi connectivity index (χ3n) is 10.0. The summed E-state index contributed by atoms with van der Waals surface area (Å²) >= 11 is 13.6. The molecule has 5 atom stereocenters. The van der Waals surface area contributed by atoms with Gasteiger partial charge in [0.1, 0.15) is 5.75 Å². The molecule has 274 valence electrons. The number of ether oxygens (including phenoxy) is 2. The fourth-order valence-corrected chi connectivity index (χ4v) is 7.83. The number of amides is 2. The number of nitrogens with one attached hydrogen (secondary N) is 1. The molecule has 1 saturated carbocycles. The van der Waals surface area contributed by atoms with Gasteiger partial charge in [0.25, 0.3) is 5.91 Å². The van der Waals surface area contributed by atoms with Crippen LogP contribution in [-0.2, 0) is 20.7 Å². The maximum atomic E-state index is 13.1. The van der Waals surface area contributed by atoms with Crippen molar-refractivity contribution in [1.29, 1.82) is 0 Å². The molecule has 1 fully saturated rings. The Hall–Kier alpha value is -3.21. The summed E-state index contributed by atoms with van der Waals surface area (Å²) < 4.78 is 15.3. The van der Waals surface area contributed by atoms with E-state index in [0.717, 1.165) is 72.0 Å². The minimum absolute atomic E-state index is 0.0349. The molecule has 2 aliphatic rings. The fourth-order valence-electron chi connectivity index (χ4n) is 6.91.